The molecule has 0 fully saturated rings. The summed E-state index contributed by atoms with van der Waals surface area (Å²) in [7, 11) is 0. The molecule has 0 radical (unpaired) electrons. The molecule has 2 aromatic carbocycles. The number of halogens is 2. The number of carbonyl (C=O) groups is 1. The van der Waals surface area contributed by atoms with Crippen molar-refractivity contribution in [2.75, 3.05) is 0 Å². The fourth-order valence-electron chi connectivity index (χ4n) is 2.74. The maximum absolute atomic E-state index is 14.1. The predicted molar refractivity (Wildman–Crippen MR) is 105 cm³/mol. The van der Waals surface area contributed by atoms with Crippen molar-refractivity contribution in [1.82, 2.24) is 15.1 Å². The molecule has 1 amide bonds. The number of aryl methyl sites for hydroxylation is 1. The average molecular weight is 430 g/mol. The van der Waals surface area contributed by atoms with Crippen LogP contribution in [0.15, 0.2) is 63.9 Å². The highest BCUT2D eigenvalue weighted by Gasteiger charge is 2.19. The second-order valence-corrected chi connectivity index (χ2v) is 6.93. The number of aromatic nitrogens is 2. The minimum absolute atomic E-state index is 0.169. The molecule has 0 aliphatic heterocycles. The van der Waals surface area contributed by atoms with E-state index in [-0.39, 0.29) is 17.4 Å². The Hall–Kier alpha value is -2.80. The molecule has 0 saturated carbocycles. The van der Waals surface area contributed by atoms with E-state index in [1.807, 2.05) is 31.2 Å². The molecule has 0 bridgehead atoms. The first-order chi connectivity index (χ1) is 12.9. The summed E-state index contributed by atoms with van der Waals surface area (Å²) in [5.74, 6) is -1.11. The maximum Gasteiger partial charge on any atom is 0.276 e. The number of para-hydroxylation sites is 1. The van der Waals surface area contributed by atoms with Gasteiger partial charge in [-0.3, -0.25) is 9.59 Å². The van der Waals surface area contributed by atoms with Gasteiger partial charge in [-0.15, -0.1) is 0 Å². The van der Waals surface area contributed by atoms with E-state index in [0.29, 0.717) is 5.69 Å². The molecule has 0 saturated heterocycles. The third-order valence-corrected chi connectivity index (χ3v) is 4.84. The van der Waals surface area contributed by atoms with Gasteiger partial charge in [-0.1, -0.05) is 46.3 Å². The molecule has 3 rings (SSSR count). The van der Waals surface area contributed by atoms with Gasteiger partial charge in [-0.05, 0) is 37.6 Å². The van der Waals surface area contributed by atoms with Crippen LogP contribution in [-0.2, 0) is 0 Å². The Bertz CT molecular complexity index is 1070. The number of rotatable bonds is 4. The second kappa shape index (κ2) is 7.84. The number of nitrogens with one attached hydrogen (secondary N) is 1. The van der Waals surface area contributed by atoms with Crippen LogP contribution in [0.2, 0.25) is 0 Å². The lowest BCUT2D eigenvalue weighted by atomic mass is 10.1. The van der Waals surface area contributed by atoms with Crippen LogP contribution >= 0.6 is 15.9 Å². The van der Waals surface area contributed by atoms with Gasteiger partial charge in [0.2, 0.25) is 5.43 Å². The van der Waals surface area contributed by atoms with Gasteiger partial charge >= 0.3 is 0 Å². The molecule has 0 spiro atoms. The highest BCUT2D eigenvalue weighted by molar-refractivity contribution is 9.10. The topological polar surface area (TPSA) is 64.0 Å². The van der Waals surface area contributed by atoms with Crippen LogP contribution in [0.4, 0.5) is 4.39 Å². The first-order valence-corrected chi connectivity index (χ1v) is 9.09. The van der Waals surface area contributed by atoms with Gasteiger partial charge in [0.15, 0.2) is 5.69 Å². The second-order valence-electron chi connectivity index (χ2n) is 6.08. The summed E-state index contributed by atoms with van der Waals surface area (Å²) in [5, 5.41) is 6.88. The number of hydrogen-bond donors (Lipinski definition) is 1. The Balaban J connectivity index is 1.96. The molecule has 1 N–H and O–H groups in total. The van der Waals surface area contributed by atoms with Crippen molar-refractivity contribution < 1.29 is 9.18 Å². The SMILES string of the molecule is Cc1cc(=O)c(C(=O)NC(C)c2ccccc2Br)nn1-c1ccccc1F. The van der Waals surface area contributed by atoms with E-state index in [1.54, 1.807) is 19.1 Å². The summed E-state index contributed by atoms with van der Waals surface area (Å²) in [6.45, 7) is 3.44. The highest BCUT2D eigenvalue weighted by atomic mass is 79.9. The first kappa shape index (κ1) is 19.0. The monoisotopic (exact) mass is 429 g/mol. The first-order valence-electron chi connectivity index (χ1n) is 8.29. The number of amides is 1. The lowest BCUT2D eigenvalue weighted by molar-refractivity contribution is 0.0931. The van der Waals surface area contributed by atoms with Crippen LogP contribution in [0, 0.1) is 12.7 Å². The van der Waals surface area contributed by atoms with Crippen molar-refractivity contribution in [2.45, 2.75) is 19.9 Å². The Morgan fingerprint density at radius 2 is 1.85 bits per heavy atom. The zero-order chi connectivity index (χ0) is 19.6. The number of benzene rings is 2. The van der Waals surface area contributed by atoms with Crippen LogP contribution in [0.5, 0.6) is 0 Å². The summed E-state index contributed by atoms with van der Waals surface area (Å²) in [6.07, 6.45) is 0. The van der Waals surface area contributed by atoms with Crippen molar-refractivity contribution >= 4 is 21.8 Å². The van der Waals surface area contributed by atoms with Crippen LogP contribution < -0.4 is 10.7 Å². The molecule has 3 aromatic rings. The van der Waals surface area contributed by atoms with E-state index in [0.717, 1.165) is 10.0 Å². The Morgan fingerprint density at radius 3 is 2.56 bits per heavy atom. The van der Waals surface area contributed by atoms with Gasteiger partial charge in [-0.2, -0.15) is 5.10 Å². The molecular weight excluding hydrogens is 413 g/mol. The van der Waals surface area contributed by atoms with Crippen LogP contribution in [0.3, 0.4) is 0 Å². The number of nitrogens with zero attached hydrogens (tertiary/aromatic N) is 2. The highest BCUT2D eigenvalue weighted by Crippen LogP contribution is 2.22. The number of carbonyl (C=O) groups excluding carboxylic acids is 1. The molecule has 1 aromatic heterocycles. The molecule has 1 heterocycles. The lowest BCUT2D eigenvalue weighted by Gasteiger charge is -2.16. The third-order valence-electron chi connectivity index (χ3n) is 4.12. The molecule has 0 aliphatic rings. The maximum atomic E-state index is 14.1. The minimum atomic E-state index is -0.617. The van der Waals surface area contributed by atoms with Crippen molar-refractivity contribution in [1.29, 1.82) is 0 Å². The number of hydrogen-bond acceptors (Lipinski definition) is 3. The summed E-state index contributed by atoms with van der Waals surface area (Å²) in [5.41, 5.74) is 0.662. The summed E-state index contributed by atoms with van der Waals surface area (Å²) in [4.78, 5) is 24.9. The van der Waals surface area contributed by atoms with E-state index < -0.39 is 17.2 Å². The standard InChI is InChI=1S/C20H17BrFN3O2/c1-12-11-18(26)19(24-25(12)17-10-6-5-9-16(17)22)20(27)23-13(2)14-7-3-4-8-15(14)21/h3-11,13H,1-2H3,(H,23,27). The minimum Gasteiger partial charge on any atom is -0.344 e. The fourth-order valence-corrected chi connectivity index (χ4v) is 3.37. The quantitative estimate of drug-likeness (QED) is 0.682. The van der Waals surface area contributed by atoms with E-state index in [4.69, 9.17) is 0 Å². The molecule has 1 atom stereocenters. The zero-order valence-electron chi connectivity index (χ0n) is 14.7. The van der Waals surface area contributed by atoms with Gasteiger partial charge in [0.05, 0.1) is 6.04 Å². The van der Waals surface area contributed by atoms with Gasteiger partial charge in [0, 0.05) is 16.2 Å². The Labute approximate surface area is 164 Å². The Kier molecular flexibility index (Phi) is 5.51. The predicted octanol–water partition coefficient (Wildman–Crippen LogP) is 3.93. The third kappa shape index (κ3) is 3.98. The molecule has 5 nitrogen and oxygen atoms in total. The zero-order valence-corrected chi connectivity index (χ0v) is 16.3. The van der Waals surface area contributed by atoms with Gasteiger partial charge < -0.3 is 5.32 Å². The lowest BCUT2D eigenvalue weighted by Crippen LogP contribution is -2.33. The fraction of sp³-hybridized carbons (Fsp3) is 0.150. The average Bonchev–Trinajstić information content (AvgIpc) is 2.63. The van der Waals surface area contributed by atoms with E-state index >= 15 is 0 Å². The van der Waals surface area contributed by atoms with Crippen molar-refractivity contribution in [3.05, 3.63) is 92.1 Å². The van der Waals surface area contributed by atoms with Crippen LogP contribution in [0.25, 0.3) is 5.69 Å². The largest absolute Gasteiger partial charge is 0.344 e. The van der Waals surface area contributed by atoms with Gasteiger partial charge in [0.1, 0.15) is 11.5 Å². The molecular formula is C20H17BrFN3O2. The van der Waals surface area contributed by atoms with E-state index in [2.05, 4.69) is 26.3 Å². The van der Waals surface area contributed by atoms with Crippen molar-refractivity contribution in [2.24, 2.45) is 0 Å². The molecule has 138 valence electrons. The normalized spacial score (nSPS) is 11.9. The Morgan fingerprint density at radius 1 is 1.19 bits per heavy atom. The van der Waals surface area contributed by atoms with Crippen LogP contribution in [0.1, 0.15) is 34.7 Å². The van der Waals surface area contributed by atoms with Gasteiger partial charge in [0.25, 0.3) is 5.91 Å². The van der Waals surface area contributed by atoms with E-state index in [9.17, 15) is 14.0 Å². The molecule has 0 aliphatic carbocycles. The summed E-state index contributed by atoms with van der Waals surface area (Å²) in [6, 6.07) is 14.4. The van der Waals surface area contributed by atoms with E-state index in [1.165, 1.54) is 22.9 Å². The summed E-state index contributed by atoms with van der Waals surface area (Å²) < 4.78 is 16.2. The molecule has 27 heavy (non-hydrogen) atoms. The molecule has 1 unspecified atom stereocenters. The molecule has 7 heteroatoms. The smallest absolute Gasteiger partial charge is 0.276 e. The summed E-state index contributed by atoms with van der Waals surface area (Å²) >= 11 is 3.44. The van der Waals surface area contributed by atoms with Crippen molar-refractivity contribution in [3.63, 3.8) is 0 Å². The van der Waals surface area contributed by atoms with Gasteiger partial charge in [-0.25, -0.2) is 9.07 Å². The van der Waals surface area contributed by atoms with Crippen molar-refractivity contribution in [3.8, 4) is 5.69 Å². The van der Waals surface area contributed by atoms with Crippen LogP contribution in [-0.4, -0.2) is 15.7 Å².